The van der Waals surface area contributed by atoms with E-state index in [0.717, 1.165) is 17.6 Å². The van der Waals surface area contributed by atoms with Gasteiger partial charge in [0.25, 0.3) is 0 Å². The molecule has 0 saturated carbocycles. The molecule has 1 aromatic rings. The highest BCUT2D eigenvalue weighted by molar-refractivity contribution is 6.62. The van der Waals surface area contributed by atoms with Gasteiger partial charge >= 0.3 is 7.12 Å². The first-order valence-electron chi connectivity index (χ1n) is 8.94. The van der Waals surface area contributed by atoms with E-state index in [-0.39, 0.29) is 23.7 Å². The maximum absolute atomic E-state index is 6.21. The van der Waals surface area contributed by atoms with E-state index in [9.17, 15) is 0 Å². The van der Waals surface area contributed by atoms with Gasteiger partial charge in [-0.3, -0.25) is 4.99 Å². The number of aliphatic imine (C=N–C) groups is 1. The Morgan fingerprint density at radius 2 is 1.67 bits per heavy atom. The van der Waals surface area contributed by atoms with Crippen molar-refractivity contribution in [1.29, 1.82) is 0 Å². The first-order valence-corrected chi connectivity index (χ1v) is 8.94. The van der Waals surface area contributed by atoms with Crippen LogP contribution < -0.4 is 5.46 Å². The molecule has 1 fully saturated rings. The predicted molar refractivity (Wildman–Crippen MR) is 101 cm³/mol. The molecule has 2 aliphatic heterocycles. The molecule has 0 aromatic heterocycles. The Hall–Kier alpha value is -1.13. The summed E-state index contributed by atoms with van der Waals surface area (Å²) < 4.78 is 12.4. The molecular formula is C20H30BNO2. The summed E-state index contributed by atoms with van der Waals surface area (Å²) in [5.74, 6) is 0. The molecule has 0 amide bonds. The van der Waals surface area contributed by atoms with Gasteiger partial charge in [-0.25, -0.2) is 0 Å². The van der Waals surface area contributed by atoms with Crippen LogP contribution in [0.1, 0.15) is 66.5 Å². The molecule has 2 heterocycles. The number of benzene rings is 1. The van der Waals surface area contributed by atoms with E-state index in [2.05, 4.69) is 73.6 Å². The fourth-order valence-corrected chi connectivity index (χ4v) is 3.32. The number of hydrogen-bond donors (Lipinski definition) is 0. The minimum Gasteiger partial charge on any atom is -0.399 e. The monoisotopic (exact) mass is 327 g/mol. The highest BCUT2D eigenvalue weighted by atomic mass is 16.7. The summed E-state index contributed by atoms with van der Waals surface area (Å²) in [6.07, 6.45) is 0.976. The van der Waals surface area contributed by atoms with Gasteiger partial charge in [0, 0.05) is 5.71 Å². The topological polar surface area (TPSA) is 30.8 Å². The zero-order valence-electron chi connectivity index (χ0n) is 16.4. The molecule has 3 nitrogen and oxygen atoms in total. The molecule has 0 spiro atoms. The predicted octanol–water partition coefficient (Wildman–Crippen LogP) is 3.77. The average Bonchev–Trinajstić information content (AvgIpc) is 2.66. The molecule has 4 heteroatoms. The second-order valence-corrected chi connectivity index (χ2v) is 9.31. The van der Waals surface area contributed by atoms with Crippen molar-refractivity contribution in [2.45, 2.75) is 79.1 Å². The third kappa shape index (κ3) is 2.95. The second-order valence-electron chi connectivity index (χ2n) is 9.31. The van der Waals surface area contributed by atoms with Gasteiger partial charge in [0.2, 0.25) is 0 Å². The van der Waals surface area contributed by atoms with Crippen LogP contribution in [0.2, 0.25) is 0 Å². The summed E-state index contributed by atoms with van der Waals surface area (Å²) in [5, 5.41) is 0. The Kier molecular flexibility index (Phi) is 4.01. The normalized spacial score (nSPS) is 25.4. The minimum atomic E-state index is -0.307. The van der Waals surface area contributed by atoms with Crippen LogP contribution in [0.15, 0.2) is 23.2 Å². The van der Waals surface area contributed by atoms with Crippen LogP contribution in [0.3, 0.4) is 0 Å². The standard InChI is InChI=1S/C20H30BNO2/c1-13-16-10-9-15(21-23-19(5,6)20(7,8)24-21)11-14(16)12-17(22-13)18(2,3)4/h9-11,17H,12H2,1-8H3. The highest BCUT2D eigenvalue weighted by Crippen LogP contribution is 2.37. The quantitative estimate of drug-likeness (QED) is 0.735. The van der Waals surface area contributed by atoms with E-state index in [1.807, 2.05) is 0 Å². The fraction of sp³-hybridized carbons (Fsp3) is 0.650. The lowest BCUT2D eigenvalue weighted by Crippen LogP contribution is -2.41. The van der Waals surface area contributed by atoms with Crippen LogP contribution in [-0.4, -0.2) is 30.1 Å². The van der Waals surface area contributed by atoms with Gasteiger partial charge in [-0.1, -0.05) is 39.0 Å². The number of nitrogens with zero attached hydrogens (tertiary/aromatic N) is 1. The molecule has 1 saturated heterocycles. The average molecular weight is 327 g/mol. The van der Waals surface area contributed by atoms with Crippen molar-refractivity contribution < 1.29 is 9.31 Å². The lowest BCUT2D eigenvalue weighted by molar-refractivity contribution is 0.00578. The molecule has 0 radical (unpaired) electrons. The van der Waals surface area contributed by atoms with Crippen LogP contribution in [0.25, 0.3) is 0 Å². The Morgan fingerprint density at radius 3 is 2.21 bits per heavy atom. The number of rotatable bonds is 1. The third-order valence-electron chi connectivity index (χ3n) is 5.81. The van der Waals surface area contributed by atoms with Gasteiger partial charge in [0.15, 0.2) is 0 Å². The van der Waals surface area contributed by atoms with Gasteiger partial charge in [0.1, 0.15) is 0 Å². The zero-order chi connectivity index (χ0) is 17.9. The highest BCUT2D eigenvalue weighted by Gasteiger charge is 2.51. The molecule has 1 aromatic carbocycles. The maximum Gasteiger partial charge on any atom is 0.494 e. The van der Waals surface area contributed by atoms with E-state index in [0.29, 0.717) is 6.04 Å². The summed E-state index contributed by atoms with van der Waals surface area (Å²) in [4.78, 5) is 4.92. The van der Waals surface area contributed by atoms with E-state index in [4.69, 9.17) is 14.3 Å². The second kappa shape index (κ2) is 5.44. The molecule has 24 heavy (non-hydrogen) atoms. The molecule has 0 N–H and O–H groups in total. The van der Waals surface area contributed by atoms with Crippen molar-refractivity contribution in [2.24, 2.45) is 10.4 Å². The SMILES string of the molecule is CC1=NC(C(C)(C)C)Cc2cc(B3OC(C)(C)C(C)(C)O3)ccc21. The summed E-state index contributed by atoms with van der Waals surface area (Å²) in [6.45, 7) is 17.3. The smallest absolute Gasteiger partial charge is 0.399 e. The summed E-state index contributed by atoms with van der Waals surface area (Å²) in [6, 6.07) is 6.87. The Morgan fingerprint density at radius 1 is 1.08 bits per heavy atom. The third-order valence-corrected chi connectivity index (χ3v) is 5.81. The Balaban J connectivity index is 1.93. The zero-order valence-corrected chi connectivity index (χ0v) is 16.4. The van der Waals surface area contributed by atoms with E-state index >= 15 is 0 Å². The Labute approximate surface area is 147 Å². The van der Waals surface area contributed by atoms with Crippen molar-refractivity contribution in [1.82, 2.24) is 0 Å². The molecule has 3 rings (SSSR count). The summed E-state index contributed by atoms with van der Waals surface area (Å²) in [5.41, 5.74) is 4.41. The van der Waals surface area contributed by atoms with Crippen molar-refractivity contribution in [2.75, 3.05) is 0 Å². The van der Waals surface area contributed by atoms with Gasteiger partial charge < -0.3 is 9.31 Å². The van der Waals surface area contributed by atoms with Crippen molar-refractivity contribution in [3.63, 3.8) is 0 Å². The van der Waals surface area contributed by atoms with Gasteiger partial charge in [-0.15, -0.1) is 0 Å². The van der Waals surface area contributed by atoms with Crippen molar-refractivity contribution in [3.05, 3.63) is 29.3 Å². The van der Waals surface area contributed by atoms with Gasteiger partial charge in [0.05, 0.1) is 17.2 Å². The van der Waals surface area contributed by atoms with Gasteiger partial charge in [-0.2, -0.15) is 0 Å². The van der Waals surface area contributed by atoms with Crippen molar-refractivity contribution >= 4 is 18.3 Å². The fourth-order valence-electron chi connectivity index (χ4n) is 3.32. The Bertz CT molecular complexity index is 669. The molecule has 130 valence electrons. The lowest BCUT2D eigenvalue weighted by Gasteiger charge is -2.32. The van der Waals surface area contributed by atoms with Crippen LogP contribution in [0.4, 0.5) is 0 Å². The largest absolute Gasteiger partial charge is 0.494 e. The van der Waals surface area contributed by atoms with Crippen LogP contribution in [-0.2, 0) is 15.7 Å². The summed E-state index contributed by atoms with van der Waals surface area (Å²) in [7, 11) is -0.299. The van der Waals surface area contributed by atoms with E-state index in [1.54, 1.807) is 0 Å². The maximum atomic E-state index is 6.21. The number of hydrogen-bond acceptors (Lipinski definition) is 3. The molecule has 0 aliphatic carbocycles. The summed E-state index contributed by atoms with van der Waals surface area (Å²) >= 11 is 0. The first kappa shape index (κ1) is 17.7. The van der Waals surface area contributed by atoms with Crippen LogP contribution >= 0.6 is 0 Å². The molecular weight excluding hydrogens is 297 g/mol. The molecule has 2 aliphatic rings. The van der Waals surface area contributed by atoms with E-state index in [1.165, 1.54) is 11.1 Å². The molecule has 0 bridgehead atoms. The number of fused-ring (bicyclic) bond motifs is 1. The lowest BCUT2D eigenvalue weighted by atomic mass is 9.74. The first-order chi connectivity index (χ1) is 10.9. The van der Waals surface area contributed by atoms with E-state index < -0.39 is 0 Å². The van der Waals surface area contributed by atoms with Crippen molar-refractivity contribution in [3.8, 4) is 0 Å². The molecule has 1 atom stereocenters. The van der Waals surface area contributed by atoms with Gasteiger partial charge in [-0.05, 0) is 63.0 Å². The van der Waals surface area contributed by atoms with Crippen LogP contribution in [0, 0.1) is 5.41 Å². The van der Waals surface area contributed by atoms with Crippen LogP contribution in [0.5, 0.6) is 0 Å². The molecule has 1 unspecified atom stereocenters. The minimum absolute atomic E-state index is 0.166.